The maximum absolute atomic E-state index is 11.3. The summed E-state index contributed by atoms with van der Waals surface area (Å²) in [7, 11) is 1.42. The van der Waals surface area contributed by atoms with Crippen LogP contribution in [0.15, 0.2) is 65.3 Å². The number of unbranched alkanes of at least 4 members (excludes halogenated alkanes) is 2. The highest BCUT2D eigenvalue weighted by molar-refractivity contribution is 6.05. The van der Waals surface area contributed by atoms with E-state index >= 15 is 0 Å². The average molecular weight is 460 g/mol. The molecule has 2 heterocycles. The average Bonchev–Trinajstić information content (AvgIpc) is 3.27. The minimum Gasteiger partial charge on any atom is -0.494 e. The van der Waals surface area contributed by atoms with Crippen molar-refractivity contribution in [2.45, 2.75) is 32.6 Å². The molecule has 7 nitrogen and oxygen atoms in total. The Balaban J connectivity index is 1.65. The number of nitrogens with one attached hydrogen (secondary N) is 1. The van der Waals surface area contributed by atoms with Gasteiger partial charge in [-0.05, 0) is 37.5 Å². The van der Waals surface area contributed by atoms with Gasteiger partial charge in [-0.15, -0.1) is 0 Å². The van der Waals surface area contributed by atoms with Crippen LogP contribution in [-0.2, 0) is 9.53 Å². The fourth-order valence-corrected chi connectivity index (χ4v) is 3.90. The Morgan fingerprint density at radius 2 is 1.76 bits per heavy atom. The van der Waals surface area contributed by atoms with E-state index in [0.29, 0.717) is 18.7 Å². The molecule has 7 heteroatoms. The summed E-state index contributed by atoms with van der Waals surface area (Å²) in [5.41, 5.74) is 3.44. The Morgan fingerprint density at radius 3 is 2.50 bits per heavy atom. The lowest BCUT2D eigenvalue weighted by Crippen LogP contribution is -2.05. The number of hydrogen-bond acceptors (Lipinski definition) is 7. The Labute approximate surface area is 199 Å². The van der Waals surface area contributed by atoms with Crippen molar-refractivity contribution in [3.05, 3.63) is 60.9 Å². The van der Waals surface area contributed by atoms with E-state index in [2.05, 4.69) is 15.3 Å². The molecule has 0 aliphatic carbocycles. The van der Waals surface area contributed by atoms with Gasteiger partial charge in [-0.2, -0.15) is 0 Å². The van der Waals surface area contributed by atoms with E-state index in [1.165, 1.54) is 13.4 Å². The van der Waals surface area contributed by atoms with Crippen LogP contribution in [0.25, 0.3) is 33.6 Å². The van der Waals surface area contributed by atoms with Crippen molar-refractivity contribution in [3.8, 4) is 28.2 Å². The summed E-state index contributed by atoms with van der Waals surface area (Å²) in [6.45, 7) is 3.31. The minimum atomic E-state index is -0.169. The maximum atomic E-state index is 11.3. The number of benzene rings is 2. The highest BCUT2D eigenvalue weighted by Crippen LogP contribution is 2.42. The first kappa shape index (κ1) is 23.3. The van der Waals surface area contributed by atoms with E-state index in [4.69, 9.17) is 13.9 Å². The fourth-order valence-electron chi connectivity index (χ4n) is 3.90. The zero-order chi connectivity index (χ0) is 23.8. The summed E-state index contributed by atoms with van der Waals surface area (Å²) in [5, 5.41) is 4.29. The quantitative estimate of drug-likeness (QED) is 0.214. The zero-order valence-electron chi connectivity index (χ0n) is 19.5. The molecule has 0 aliphatic heterocycles. The third-order valence-corrected chi connectivity index (χ3v) is 5.56. The van der Waals surface area contributed by atoms with Gasteiger partial charge in [0.25, 0.3) is 0 Å². The SMILES string of the molecule is CCOc1ccc(-c2c(-c3ccccc3)oc3ncnc(NCCCCCC(=O)OC)c23)cc1. The first-order valence-electron chi connectivity index (χ1n) is 11.6. The largest absolute Gasteiger partial charge is 0.494 e. The molecule has 2 aromatic heterocycles. The molecule has 0 spiro atoms. The smallest absolute Gasteiger partial charge is 0.305 e. The third-order valence-electron chi connectivity index (χ3n) is 5.56. The Hall–Kier alpha value is -3.87. The predicted octanol–water partition coefficient (Wildman–Crippen LogP) is 6.10. The van der Waals surface area contributed by atoms with Crippen LogP contribution < -0.4 is 10.1 Å². The predicted molar refractivity (Wildman–Crippen MR) is 133 cm³/mol. The molecule has 0 fully saturated rings. The number of esters is 1. The summed E-state index contributed by atoms with van der Waals surface area (Å²) in [5.74, 6) is 2.13. The number of furan rings is 1. The number of aromatic nitrogens is 2. The van der Waals surface area contributed by atoms with Crippen LogP contribution in [0.5, 0.6) is 5.75 Å². The fraction of sp³-hybridized carbons (Fsp3) is 0.296. The van der Waals surface area contributed by atoms with Crippen LogP contribution >= 0.6 is 0 Å². The second-order valence-electron chi connectivity index (χ2n) is 7.85. The second kappa shape index (κ2) is 11.3. The highest BCUT2D eigenvalue weighted by atomic mass is 16.5. The lowest BCUT2D eigenvalue weighted by atomic mass is 9.99. The molecular weight excluding hydrogens is 430 g/mol. The normalized spacial score (nSPS) is 10.9. The van der Waals surface area contributed by atoms with E-state index in [9.17, 15) is 4.79 Å². The van der Waals surface area contributed by atoms with Gasteiger partial charge in [0.2, 0.25) is 5.71 Å². The van der Waals surface area contributed by atoms with Crippen LogP contribution in [-0.4, -0.2) is 36.2 Å². The highest BCUT2D eigenvalue weighted by Gasteiger charge is 2.22. The molecule has 0 atom stereocenters. The van der Waals surface area contributed by atoms with Gasteiger partial charge < -0.3 is 19.2 Å². The molecule has 0 unspecified atom stereocenters. The Morgan fingerprint density at radius 1 is 0.971 bits per heavy atom. The molecule has 0 saturated heterocycles. The van der Waals surface area contributed by atoms with Crippen LogP contribution in [0.2, 0.25) is 0 Å². The lowest BCUT2D eigenvalue weighted by molar-refractivity contribution is -0.140. The monoisotopic (exact) mass is 459 g/mol. The zero-order valence-corrected chi connectivity index (χ0v) is 19.5. The van der Waals surface area contributed by atoms with Gasteiger partial charge >= 0.3 is 5.97 Å². The van der Waals surface area contributed by atoms with E-state index in [1.807, 2.05) is 61.5 Å². The molecule has 1 N–H and O–H groups in total. The number of hydrogen-bond donors (Lipinski definition) is 1. The minimum absolute atomic E-state index is 0.169. The van der Waals surface area contributed by atoms with E-state index in [0.717, 1.165) is 65.2 Å². The van der Waals surface area contributed by atoms with E-state index in [1.54, 1.807) is 0 Å². The third kappa shape index (κ3) is 5.36. The molecule has 0 bridgehead atoms. The van der Waals surface area contributed by atoms with Crippen molar-refractivity contribution in [1.82, 2.24) is 9.97 Å². The maximum Gasteiger partial charge on any atom is 0.305 e. The van der Waals surface area contributed by atoms with Crippen molar-refractivity contribution in [2.24, 2.45) is 0 Å². The number of carbonyl (C=O) groups is 1. The molecule has 176 valence electrons. The van der Waals surface area contributed by atoms with E-state index in [-0.39, 0.29) is 5.97 Å². The molecule has 0 saturated carbocycles. The Kier molecular flexibility index (Phi) is 7.75. The number of nitrogens with zero attached hydrogens (tertiary/aromatic N) is 2. The molecule has 0 radical (unpaired) electrons. The van der Waals surface area contributed by atoms with Crippen molar-refractivity contribution in [2.75, 3.05) is 25.6 Å². The molecule has 0 amide bonds. The van der Waals surface area contributed by atoms with Crippen LogP contribution in [0, 0.1) is 0 Å². The lowest BCUT2D eigenvalue weighted by Gasteiger charge is -2.09. The molecule has 0 aliphatic rings. The van der Waals surface area contributed by atoms with Gasteiger partial charge in [0, 0.05) is 24.1 Å². The first-order chi connectivity index (χ1) is 16.7. The van der Waals surface area contributed by atoms with Gasteiger partial charge in [0.1, 0.15) is 23.7 Å². The molecule has 4 rings (SSSR count). The number of rotatable bonds is 11. The van der Waals surface area contributed by atoms with Crippen LogP contribution in [0.1, 0.15) is 32.6 Å². The van der Waals surface area contributed by atoms with Crippen LogP contribution in [0.4, 0.5) is 5.82 Å². The number of anilines is 1. The van der Waals surface area contributed by atoms with Gasteiger partial charge in [-0.25, -0.2) is 9.97 Å². The van der Waals surface area contributed by atoms with Crippen molar-refractivity contribution >= 4 is 22.9 Å². The second-order valence-corrected chi connectivity index (χ2v) is 7.85. The first-order valence-corrected chi connectivity index (χ1v) is 11.6. The van der Waals surface area contributed by atoms with Gasteiger partial charge in [-0.3, -0.25) is 4.79 Å². The van der Waals surface area contributed by atoms with Gasteiger partial charge in [-0.1, -0.05) is 48.9 Å². The summed E-state index contributed by atoms with van der Waals surface area (Å²) in [6, 6.07) is 18.0. The van der Waals surface area contributed by atoms with Gasteiger partial charge in [0.15, 0.2) is 0 Å². The number of carbonyl (C=O) groups excluding carboxylic acids is 1. The molecular formula is C27H29N3O4. The molecule has 4 aromatic rings. The molecule has 2 aromatic carbocycles. The number of methoxy groups -OCH3 is 1. The standard InChI is InChI=1S/C27H29N3O4/c1-3-33-21-15-13-19(14-16-21)23-24-26(28-17-9-5-8-12-22(31)32-2)29-18-30-27(24)34-25(23)20-10-6-4-7-11-20/h4,6-7,10-11,13-16,18H,3,5,8-9,12,17H2,1-2H3,(H,28,29,30). The van der Waals surface area contributed by atoms with Crippen molar-refractivity contribution in [3.63, 3.8) is 0 Å². The van der Waals surface area contributed by atoms with Crippen LogP contribution in [0.3, 0.4) is 0 Å². The summed E-state index contributed by atoms with van der Waals surface area (Å²) in [6.07, 6.45) is 4.59. The number of ether oxygens (including phenoxy) is 2. The van der Waals surface area contributed by atoms with Gasteiger partial charge in [0.05, 0.1) is 19.1 Å². The topological polar surface area (TPSA) is 86.5 Å². The summed E-state index contributed by atoms with van der Waals surface area (Å²) in [4.78, 5) is 20.2. The van der Waals surface area contributed by atoms with Crippen molar-refractivity contribution < 1.29 is 18.7 Å². The summed E-state index contributed by atoms with van der Waals surface area (Å²) >= 11 is 0. The molecule has 34 heavy (non-hydrogen) atoms. The van der Waals surface area contributed by atoms with Crippen molar-refractivity contribution in [1.29, 1.82) is 0 Å². The number of fused-ring (bicyclic) bond motifs is 1. The Bertz CT molecular complexity index is 1220. The van der Waals surface area contributed by atoms with E-state index < -0.39 is 0 Å². The summed E-state index contributed by atoms with van der Waals surface area (Å²) < 4.78 is 16.6.